The minimum absolute atomic E-state index is 0.0327. The molecule has 0 saturated carbocycles. The first-order chi connectivity index (χ1) is 6.06. The molecule has 0 amide bonds. The van der Waals surface area contributed by atoms with Gasteiger partial charge in [0.25, 0.3) is 6.43 Å². The van der Waals surface area contributed by atoms with Crippen LogP contribution in [0.2, 0.25) is 5.02 Å². The van der Waals surface area contributed by atoms with Gasteiger partial charge in [-0.1, -0.05) is 11.6 Å². The number of rotatable bonds is 2. The first-order valence-corrected chi connectivity index (χ1v) is 3.72. The molecule has 0 radical (unpaired) electrons. The number of pyridine rings is 1. The van der Waals surface area contributed by atoms with Crippen LogP contribution in [0, 0.1) is 0 Å². The SMILES string of the molecule is COc1c(Cl)cc(C(F)F)nc1N. The number of hydrogen-bond acceptors (Lipinski definition) is 3. The third-order valence-electron chi connectivity index (χ3n) is 1.40. The van der Waals surface area contributed by atoms with Gasteiger partial charge in [-0.15, -0.1) is 0 Å². The van der Waals surface area contributed by atoms with Crippen molar-refractivity contribution in [2.24, 2.45) is 0 Å². The van der Waals surface area contributed by atoms with Crippen LogP contribution in [-0.2, 0) is 0 Å². The summed E-state index contributed by atoms with van der Waals surface area (Å²) in [5.41, 5.74) is 4.86. The van der Waals surface area contributed by atoms with Gasteiger partial charge in [-0.2, -0.15) is 0 Å². The van der Waals surface area contributed by atoms with E-state index in [1.807, 2.05) is 0 Å². The number of halogens is 3. The minimum Gasteiger partial charge on any atom is -0.491 e. The van der Waals surface area contributed by atoms with Crippen LogP contribution >= 0.6 is 11.6 Å². The second kappa shape index (κ2) is 3.74. The first-order valence-electron chi connectivity index (χ1n) is 3.34. The van der Waals surface area contributed by atoms with Gasteiger partial charge in [0.2, 0.25) is 0 Å². The zero-order chi connectivity index (χ0) is 10.0. The lowest BCUT2D eigenvalue weighted by molar-refractivity contribution is 0.146. The van der Waals surface area contributed by atoms with Gasteiger partial charge >= 0.3 is 0 Å². The molecule has 1 aromatic heterocycles. The minimum atomic E-state index is -2.69. The van der Waals surface area contributed by atoms with Gasteiger partial charge in [0.05, 0.1) is 12.1 Å². The van der Waals surface area contributed by atoms with Crippen LogP contribution in [0.15, 0.2) is 6.07 Å². The molecule has 0 atom stereocenters. The Morgan fingerprint density at radius 2 is 2.23 bits per heavy atom. The molecule has 1 heterocycles. The van der Waals surface area contributed by atoms with Crippen molar-refractivity contribution in [2.75, 3.05) is 12.8 Å². The number of ether oxygens (including phenoxy) is 1. The Morgan fingerprint density at radius 1 is 1.62 bits per heavy atom. The van der Waals surface area contributed by atoms with Crippen LogP contribution < -0.4 is 10.5 Å². The van der Waals surface area contributed by atoms with Crippen molar-refractivity contribution >= 4 is 17.4 Å². The Morgan fingerprint density at radius 3 is 2.62 bits per heavy atom. The zero-order valence-electron chi connectivity index (χ0n) is 6.72. The van der Waals surface area contributed by atoms with Gasteiger partial charge in [0, 0.05) is 0 Å². The fourth-order valence-corrected chi connectivity index (χ4v) is 1.14. The van der Waals surface area contributed by atoms with Crippen molar-refractivity contribution < 1.29 is 13.5 Å². The van der Waals surface area contributed by atoms with Crippen molar-refractivity contribution in [1.82, 2.24) is 4.98 Å². The van der Waals surface area contributed by atoms with E-state index in [0.717, 1.165) is 6.07 Å². The number of hydrogen-bond donors (Lipinski definition) is 1. The Kier molecular flexibility index (Phi) is 2.87. The van der Waals surface area contributed by atoms with Gasteiger partial charge in [-0.05, 0) is 6.07 Å². The molecule has 72 valence electrons. The molecule has 0 fully saturated rings. The maximum Gasteiger partial charge on any atom is 0.280 e. The van der Waals surface area contributed by atoms with Crippen LogP contribution in [0.1, 0.15) is 12.1 Å². The highest BCUT2D eigenvalue weighted by Gasteiger charge is 2.15. The second-order valence-corrected chi connectivity index (χ2v) is 2.66. The number of alkyl halides is 2. The highest BCUT2D eigenvalue weighted by molar-refractivity contribution is 6.32. The summed E-state index contributed by atoms with van der Waals surface area (Å²) in [5.74, 6) is -0.0173. The Hall–Kier alpha value is -1.10. The Balaban J connectivity index is 3.20. The monoisotopic (exact) mass is 208 g/mol. The van der Waals surface area contributed by atoms with E-state index in [-0.39, 0.29) is 16.6 Å². The first kappa shape index (κ1) is 9.98. The van der Waals surface area contributed by atoms with E-state index in [1.54, 1.807) is 0 Å². The largest absolute Gasteiger partial charge is 0.491 e. The molecule has 13 heavy (non-hydrogen) atoms. The highest BCUT2D eigenvalue weighted by atomic mass is 35.5. The fraction of sp³-hybridized carbons (Fsp3) is 0.286. The van der Waals surface area contributed by atoms with Crippen LogP contribution in [0.5, 0.6) is 5.75 Å². The molecule has 0 spiro atoms. The number of aromatic nitrogens is 1. The van der Waals surface area contributed by atoms with Crippen LogP contribution in [0.25, 0.3) is 0 Å². The number of nitrogen functional groups attached to an aromatic ring is 1. The van der Waals surface area contributed by atoms with E-state index < -0.39 is 12.1 Å². The molecule has 2 N–H and O–H groups in total. The molecule has 0 aliphatic carbocycles. The molecule has 0 saturated heterocycles. The summed E-state index contributed by atoms with van der Waals surface area (Å²) in [5, 5.41) is 0.0327. The molecular formula is C7H7ClF2N2O. The van der Waals surface area contributed by atoms with Crippen molar-refractivity contribution in [3.8, 4) is 5.75 Å². The summed E-state index contributed by atoms with van der Waals surface area (Å²) >= 11 is 5.60. The van der Waals surface area contributed by atoms with Crippen LogP contribution in [-0.4, -0.2) is 12.1 Å². The third-order valence-corrected chi connectivity index (χ3v) is 1.68. The third kappa shape index (κ3) is 1.98. The summed E-state index contributed by atoms with van der Waals surface area (Å²) in [6.45, 7) is 0. The lowest BCUT2D eigenvalue weighted by Gasteiger charge is -2.07. The van der Waals surface area contributed by atoms with Crippen molar-refractivity contribution in [2.45, 2.75) is 6.43 Å². The highest BCUT2D eigenvalue weighted by Crippen LogP contribution is 2.32. The molecule has 0 aliphatic rings. The maximum atomic E-state index is 12.1. The predicted octanol–water partition coefficient (Wildman–Crippen LogP) is 2.26. The van der Waals surface area contributed by atoms with Gasteiger partial charge in [-0.3, -0.25) is 0 Å². The second-order valence-electron chi connectivity index (χ2n) is 2.25. The van der Waals surface area contributed by atoms with E-state index in [9.17, 15) is 8.78 Å². The van der Waals surface area contributed by atoms with Gasteiger partial charge in [-0.25, -0.2) is 13.8 Å². The smallest absolute Gasteiger partial charge is 0.280 e. The van der Waals surface area contributed by atoms with Crippen molar-refractivity contribution in [3.63, 3.8) is 0 Å². The van der Waals surface area contributed by atoms with E-state index in [1.165, 1.54) is 7.11 Å². The quantitative estimate of drug-likeness (QED) is 0.811. The van der Waals surface area contributed by atoms with Gasteiger partial charge < -0.3 is 10.5 Å². The molecule has 6 heteroatoms. The van der Waals surface area contributed by atoms with Gasteiger partial charge in [0.15, 0.2) is 11.6 Å². The number of nitrogens with zero attached hydrogens (tertiary/aromatic N) is 1. The molecular weight excluding hydrogens is 202 g/mol. The molecule has 0 unspecified atom stereocenters. The van der Waals surface area contributed by atoms with Crippen molar-refractivity contribution in [3.05, 3.63) is 16.8 Å². The predicted molar refractivity (Wildman–Crippen MR) is 45.2 cm³/mol. The number of nitrogens with two attached hydrogens (primary N) is 1. The van der Waals surface area contributed by atoms with Crippen LogP contribution in [0.3, 0.4) is 0 Å². The van der Waals surface area contributed by atoms with E-state index in [2.05, 4.69) is 4.98 Å². The standard InChI is InChI=1S/C7H7ClF2N2O/c1-13-5-3(8)2-4(6(9)10)12-7(5)11/h2,6H,1H3,(H2,11,12). The zero-order valence-corrected chi connectivity index (χ0v) is 7.48. The Bertz CT molecular complexity index is 296. The molecule has 0 bridgehead atoms. The maximum absolute atomic E-state index is 12.1. The average Bonchev–Trinajstić information content (AvgIpc) is 2.03. The van der Waals surface area contributed by atoms with E-state index in [0.29, 0.717) is 0 Å². The molecule has 0 aliphatic heterocycles. The van der Waals surface area contributed by atoms with E-state index in [4.69, 9.17) is 22.1 Å². The fourth-order valence-electron chi connectivity index (χ4n) is 0.854. The summed E-state index contributed by atoms with van der Waals surface area (Å²) in [4.78, 5) is 3.42. The molecule has 0 aromatic carbocycles. The van der Waals surface area contributed by atoms with Gasteiger partial charge in [0.1, 0.15) is 5.69 Å². The normalized spacial score (nSPS) is 10.5. The summed E-state index contributed by atoms with van der Waals surface area (Å²) in [6, 6.07) is 1.03. The summed E-state index contributed by atoms with van der Waals surface area (Å²) in [6.07, 6.45) is -2.69. The summed E-state index contributed by atoms with van der Waals surface area (Å²) in [7, 11) is 1.33. The molecule has 1 rings (SSSR count). The van der Waals surface area contributed by atoms with Crippen LogP contribution in [0.4, 0.5) is 14.6 Å². The number of anilines is 1. The van der Waals surface area contributed by atoms with Crippen molar-refractivity contribution in [1.29, 1.82) is 0 Å². The average molecular weight is 209 g/mol. The Labute approximate surface area is 78.5 Å². The van der Waals surface area contributed by atoms with E-state index >= 15 is 0 Å². The number of methoxy groups -OCH3 is 1. The molecule has 3 nitrogen and oxygen atoms in total. The lowest BCUT2D eigenvalue weighted by Crippen LogP contribution is -2.00. The lowest BCUT2D eigenvalue weighted by atomic mass is 10.3. The summed E-state index contributed by atoms with van der Waals surface area (Å²) < 4.78 is 29.0. The topological polar surface area (TPSA) is 48.1 Å². The molecule has 1 aromatic rings.